The van der Waals surface area contributed by atoms with E-state index in [1.165, 1.54) is 0 Å². The van der Waals surface area contributed by atoms with Crippen molar-refractivity contribution in [3.05, 3.63) is 11.9 Å². The summed E-state index contributed by atoms with van der Waals surface area (Å²) in [4.78, 5) is 12.0. The number of methoxy groups -OCH3 is 1. The second kappa shape index (κ2) is 7.79. The molecular formula is C14H26N4O2S. The Hall–Kier alpha value is -1.08. The molecule has 0 aliphatic heterocycles. The molecule has 0 saturated carbocycles. The Bertz CT molecular complexity index is 460. The molecule has 0 spiro atoms. The van der Waals surface area contributed by atoms with Gasteiger partial charge in [-0.1, -0.05) is 19.1 Å². The van der Waals surface area contributed by atoms with E-state index in [9.17, 15) is 4.79 Å². The van der Waals surface area contributed by atoms with Crippen molar-refractivity contribution in [3.63, 3.8) is 0 Å². The number of nitrogens with one attached hydrogen (secondary N) is 1. The largest absolute Gasteiger partial charge is 0.372 e. The average molecular weight is 314 g/mol. The maximum Gasteiger partial charge on any atom is 0.233 e. The van der Waals surface area contributed by atoms with Crippen LogP contribution in [0.25, 0.3) is 0 Å². The highest BCUT2D eigenvalue weighted by Gasteiger charge is 2.23. The molecule has 1 N–H and O–H groups in total. The molecule has 1 rings (SSSR count). The summed E-state index contributed by atoms with van der Waals surface area (Å²) in [5, 5.41) is 11.1. The standard InChI is InChI=1S/C14H26N4O2S/c1-10(2)12(21-6)13(19)15-7-8-18-9-11(16-17-18)14(3,4)20-5/h9-10,12H,7-8H2,1-6H3,(H,15,19). The second-order valence-electron chi connectivity index (χ2n) is 5.77. The lowest BCUT2D eigenvalue weighted by molar-refractivity contribution is -0.121. The molecular weight excluding hydrogens is 288 g/mol. The summed E-state index contributed by atoms with van der Waals surface area (Å²) in [7, 11) is 1.65. The maximum atomic E-state index is 12.0. The van der Waals surface area contributed by atoms with Gasteiger partial charge >= 0.3 is 0 Å². The van der Waals surface area contributed by atoms with Gasteiger partial charge in [0.15, 0.2) is 0 Å². The van der Waals surface area contributed by atoms with E-state index in [0.29, 0.717) is 19.0 Å². The van der Waals surface area contributed by atoms with E-state index in [2.05, 4.69) is 29.5 Å². The number of amides is 1. The van der Waals surface area contributed by atoms with Gasteiger partial charge in [-0.05, 0) is 26.0 Å². The van der Waals surface area contributed by atoms with Crippen LogP contribution in [0, 0.1) is 5.92 Å². The average Bonchev–Trinajstić information content (AvgIpc) is 2.88. The minimum absolute atomic E-state index is 0.0104. The highest BCUT2D eigenvalue weighted by Crippen LogP contribution is 2.20. The van der Waals surface area contributed by atoms with E-state index in [1.807, 2.05) is 26.3 Å². The molecule has 0 radical (unpaired) electrons. The number of ether oxygens (including phenoxy) is 1. The summed E-state index contributed by atoms with van der Waals surface area (Å²) in [6.45, 7) is 9.12. The van der Waals surface area contributed by atoms with Crippen LogP contribution in [0.15, 0.2) is 6.20 Å². The predicted octanol–water partition coefficient (Wildman–Crippen LogP) is 1.66. The van der Waals surface area contributed by atoms with Gasteiger partial charge in [-0.2, -0.15) is 11.8 Å². The molecule has 21 heavy (non-hydrogen) atoms. The van der Waals surface area contributed by atoms with E-state index in [0.717, 1.165) is 5.69 Å². The highest BCUT2D eigenvalue weighted by molar-refractivity contribution is 7.99. The second-order valence-corrected chi connectivity index (χ2v) is 6.75. The van der Waals surface area contributed by atoms with E-state index < -0.39 is 5.60 Å². The Morgan fingerprint density at radius 3 is 2.71 bits per heavy atom. The molecule has 0 aromatic carbocycles. The van der Waals surface area contributed by atoms with E-state index in [4.69, 9.17) is 4.74 Å². The first-order valence-electron chi connectivity index (χ1n) is 7.08. The lowest BCUT2D eigenvalue weighted by Gasteiger charge is -2.19. The summed E-state index contributed by atoms with van der Waals surface area (Å²) in [6.07, 6.45) is 3.81. The molecule has 0 bridgehead atoms. The van der Waals surface area contributed by atoms with Crippen LogP contribution in [-0.2, 0) is 21.7 Å². The van der Waals surface area contributed by atoms with Crippen molar-refractivity contribution in [1.82, 2.24) is 20.3 Å². The molecule has 1 heterocycles. The van der Waals surface area contributed by atoms with Gasteiger partial charge in [0, 0.05) is 13.7 Å². The monoisotopic (exact) mass is 314 g/mol. The van der Waals surface area contributed by atoms with Gasteiger partial charge in [-0.25, -0.2) is 0 Å². The zero-order valence-corrected chi connectivity index (χ0v) is 14.5. The fourth-order valence-electron chi connectivity index (χ4n) is 1.86. The van der Waals surface area contributed by atoms with Crippen LogP contribution < -0.4 is 5.32 Å². The van der Waals surface area contributed by atoms with Gasteiger partial charge in [0.2, 0.25) is 5.91 Å². The predicted molar refractivity (Wildman–Crippen MR) is 85.2 cm³/mol. The molecule has 0 fully saturated rings. The van der Waals surface area contributed by atoms with Gasteiger partial charge in [0.25, 0.3) is 0 Å². The number of aromatic nitrogens is 3. The molecule has 0 aliphatic rings. The number of rotatable bonds is 8. The summed E-state index contributed by atoms with van der Waals surface area (Å²) in [5.74, 6) is 0.399. The lowest BCUT2D eigenvalue weighted by Crippen LogP contribution is -2.37. The first-order valence-corrected chi connectivity index (χ1v) is 8.37. The first-order chi connectivity index (χ1) is 9.81. The molecule has 1 amide bonds. The topological polar surface area (TPSA) is 69.0 Å². The molecule has 1 atom stereocenters. The van der Waals surface area contributed by atoms with Crippen LogP contribution in [0.3, 0.4) is 0 Å². The maximum absolute atomic E-state index is 12.0. The highest BCUT2D eigenvalue weighted by atomic mass is 32.2. The van der Waals surface area contributed by atoms with Crippen LogP contribution in [0.1, 0.15) is 33.4 Å². The van der Waals surface area contributed by atoms with Gasteiger partial charge in [-0.3, -0.25) is 9.48 Å². The Balaban J connectivity index is 2.48. The van der Waals surface area contributed by atoms with E-state index >= 15 is 0 Å². The minimum Gasteiger partial charge on any atom is -0.372 e. The summed E-state index contributed by atoms with van der Waals surface area (Å²) >= 11 is 1.58. The molecule has 120 valence electrons. The zero-order valence-electron chi connectivity index (χ0n) is 13.7. The number of thioether (sulfide) groups is 1. The van der Waals surface area contributed by atoms with Crippen molar-refractivity contribution < 1.29 is 9.53 Å². The number of carbonyl (C=O) groups is 1. The van der Waals surface area contributed by atoms with Crippen LogP contribution >= 0.6 is 11.8 Å². The molecule has 6 nitrogen and oxygen atoms in total. The smallest absolute Gasteiger partial charge is 0.233 e. The Morgan fingerprint density at radius 2 is 2.19 bits per heavy atom. The third kappa shape index (κ3) is 5.00. The molecule has 0 saturated heterocycles. The molecule has 7 heteroatoms. The zero-order chi connectivity index (χ0) is 16.0. The van der Waals surface area contributed by atoms with Gasteiger partial charge in [-0.15, -0.1) is 5.10 Å². The van der Waals surface area contributed by atoms with Gasteiger partial charge in [0.1, 0.15) is 11.3 Å². The van der Waals surface area contributed by atoms with Crippen molar-refractivity contribution in [3.8, 4) is 0 Å². The van der Waals surface area contributed by atoms with Crippen molar-refractivity contribution in [1.29, 1.82) is 0 Å². The van der Waals surface area contributed by atoms with Gasteiger partial charge < -0.3 is 10.1 Å². The fraction of sp³-hybridized carbons (Fsp3) is 0.786. The quantitative estimate of drug-likeness (QED) is 0.790. The van der Waals surface area contributed by atoms with Crippen LogP contribution in [-0.4, -0.2) is 46.1 Å². The summed E-state index contributed by atoms with van der Waals surface area (Å²) in [5.41, 5.74) is 0.323. The third-order valence-corrected chi connectivity index (χ3v) is 4.69. The SMILES string of the molecule is COC(C)(C)c1cn(CCNC(=O)C(SC)C(C)C)nn1. The summed E-state index contributed by atoms with van der Waals surface area (Å²) < 4.78 is 7.09. The molecule has 0 aliphatic carbocycles. The molecule has 1 aromatic heterocycles. The Kier molecular flexibility index (Phi) is 6.67. The van der Waals surface area contributed by atoms with Crippen LogP contribution in [0.2, 0.25) is 0 Å². The Morgan fingerprint density at radius 1 is 1.52 bits per heavy atom. The van der Waals surface area contributed by atoms with Crippen molar-refractivity contribution in [2.75, 3.05) is 19.9 Å². The van der Waals surface area contributed by atoms with E-state index in [-0.39, 0.29) is 11.2 Å². The normalized spacial score (nSPS) is 13.5. The van der Waals surface area contributed by atoms with Crippen molar-refractivity contribution >= 4 is 17.7 Å². The fourth-order valence-corrected chi connectivity index (χ4v) is 2.71. The molecule has 1 unspecified atom stereocenters. The summed E-state index contributed by atoms with van der Waals surface area (Å²) in [6, 6.07) is 0. The Labute approximate surface area is 131 Å². The first kappa shape index (κ1) is 18.0. The van der Waals surface area contributed by atoms with E-state index in [1.54, 1.807) is 23.6 Å². The minimum atomic E-state index is -0.455. The van der Waals surface area contributed by atoms with Crippen molar-refractivity contribution in [2.45, 2.75) is 45.1 Å². The third-order valence-electron chi connectivity index (χ3n) is 3.42. The number of hydrogen-bond donors (Lipinski definition) is 1. The van der Waals surface area contributed by atoms with Crippen molar-refractivity contribution in [2.24, 2.45) is 5.92 Å². The number of nitrogens with zero attached hydrogens (tertiary/aromatic N) is 3. The molecule has 1 aromatic rings. The van der Waals surface area contributed by atoms with Crippen LogP contribution in [0.4, 0.5) is 0 Å². The van der Waals surface area contributed by atoms with Crippen LogP contribution in [0.5, 0.6) is 0 Å². The van der Waals surface area contributed by atoms with Gasteiger partial charge in [0.05, 0.1) is 18.0 Å². The number of hydrogen-bond acceptors (Lipinski definition) is 5. The number of carbonyl (C=O) groups excluding carboxylic acids is 1. The lowest BCUT2D eigenvalue weighted by atomic mass is 10.1.